The van der Waals surface area contributed by atoms with Gasteiger partial charge in [-0.1, -0.05) is 19.1 Å². The summed E-state index contributed by atoms with van der Waals surface area (Å²) in [7, 11) is 1.65. The Labute approximate surface area is 151 Å². The molecule has 0 N–H and O–H groups in total. The summed E-state index contributed by atoms with van der Waals surface area (Å²) in [5.41, 5.74) is 5.70. The molecule has 0 unspecified atom stereocenters. The van der Waals surface area contributed by atoms with Crippen LogP contribution in [0.1, 0.15) is 23.6 Å². The molecule has 4 rings (SSSR count). The first-order chi connectivity index (χ1) is 12.5. The summed E-state index contributed by atoms with van der Waals surface area (Å²) in [6.07, 6.45) is 2.41. The third kappa shape index (κ3) is 2.33. The number of rotatable bonds is 3. The third-order valence-corrected chi connectivity index (χ3v) is 5.10. The first-order valence-corrected chi connectivity index (χ1v) is 8.66. The molecule has 0 aliphatic carbocycles. The van der Waals surface area contributed by atoms with E-state index in [1.165, 1.54) is 0 Å². The lowest BCUT2D eigenvalue weighted by Gasteiger charge is -2.09. The number of hydrogen-bond acceptors (Lipinski definition) is 4. The predicted octanol–water partition coefficient (Wildman–Crippen LogP) is 5.39. The van der Waals surface area contributed by atoms with Gasteiger partial charge >= 0.3 is 5.63 Å². The summed E-state index contributed by atoms with van der Waals surface area (Å²) in [6, 6.07) is 9.96. The molecule has 0 saturated carbocycles. The highest BCUT2D eigenvalue weighted by atomic mass is 16.5. The van der Waals surface area contributed by atoms with Crippen molar-refractivity contribution in [2.24, 2.45) is 0 Å². The minimum absolute atomic E-state index is 0.262. The molecule has 4 nitrogen and oxygen atoms in total. The van der Waals surface area contributed by atoms with E-state index < -0.39 is 0 Å². The molecule has 0 aliphatic rings. The van der Waals surface area contributed by atoms with Crippen molar-refractivity contribution in [3.05, 3.63) is 63.7 Å². The maximum Gasteiger partial charge on any atom is 0.339 e. The molecule has 0 amide bonds. The molecule has 4 heteroatoms. The highest BCUT2D eigenvalue weighted by Gasteiger charge is 2.18. The van der Waals surface area contributed by atoms with E-state index in [0.717, 1.165) is 49.9 Å². The van der Waals surface area contributed by atoms with Crippen molar-refractivity contribution >= 4 is 21.9 Å². The lowest BCUT2D eigenvalue weighted by Crippen LogP contribution is -2.09. The Morgan fingerprint density at radius 3 is 2.38 bits per heavy atom. The molecule has 4 aromatic rings. The minimum Gasteiger partial charge on any atom is -0.497 e. The summed E-state index contributed by atoms with van der Waals surface area (Å²) >= 11 is 0. The number of benzene rings is 2. The van der Waals surface area contributed by atoms with E-state index in [-0.39, 0.29) is 5.63 Å². The maximum absolute atomic E-state index is 12.3. The van der Waals surface area contributed by atoms with Crippen molar-refractivity contribution < 1.29 is 13.6 Å². The first kappa shape index (κ1) is 16.5. The minimum atomic E-state index is -0.262. The Bertz CT molecular complexity index is 1180. The van der Waals surface area contributed by atoms with Gasteiger partial charge in [-0.25, -0.2) is 4.79 Å². The quantitative estimate of drug-likeness (QED) is 0.466. The number of aryl methyl sites for hydroxylation is 2. The van der Waals surface area contributed by atoms with Crippen LogP contribution in [0.5, 0.6) is 5.75 Å². The van der Waals surface area contributed by atoms with Gasteiger partial charge in [-0.3, -0.25) is 0 Å². The normalized spacial score (nSPS) is 11.4. The molecule has 132 valence electrons. The molecular weight excluding hydrogens is 328 g/mol. The van der Waals surface area contributed by atoms with Crippen LogP contribution in [0.15, 0.2) is 50.2 Å². The van der Waals surface area contributed by atoms with Gasteiger partial charge in [-0.2, -0.15) is 0 Å². The van der Waals surface area contributed by atoms with Gasteiger partial charge < -0.3 is 13.6 Å². The Balaban J connectivity index is 2.04. The van der Waals surface area contributed by atoms with Crippen molar-refractivity contribution in [3.63, 3.8) is 0 Å². The monoisotopic (exact) mass is 348 g/mol. The van der Waals surface area contributed by atoms with E-state index in [9.17, 15) is 4.79 Å². The SMILES string of the molecule is CCc1c(C)c2cc3c(-c4ccc(OC)cc4)coc3c(C)c2oc1=O. The van der Waals surface area contributed by atoms with Crippen LogP contribution in [0.3, 0.4) is 0 Å². The fourth-order valence-electron chi connectivity index (χ4n) is 3.60. The van der Waals surface area contributed by atoms with Crippen LogP contribution in [0.25, 0.3) is 33.1 Å². The van der Waals surface area contributed by atoms with Crippen LogP contribution in [0.2, 0.25) is 0 Å². The summed E-state index contributed by atoms with van der Waals surface area (Å²) < 4.78 is 16.7. The van der Waals surface area contributed by atoms with Crippen LogP contribution in [0.4, 0.5) is 0 Å². The van der Waals surface area contributed by atoms with E-state index in [4.69, 9.17) is 13.6 Å². The molecule has 0 atom stereocenters. The Morgan fingerprint density at radius 1 is 1.00 bits per heavy atom. The second-order valence-electron chi connectivity index (χ2n) is 6.48. The smallest absolute Gasteiger partial charge is 0.339 e. The lowest BCUT2D eigenvalue weighted by molar-refractivity contribution is 0.415. The van der Waals surface area contributed by atoms with E-state index in [0.29, 0.717) is 12.0 Å². The van der Waals surface area contributed by atoms with E-state index in [1.807, 2.05) is 45.0 Å². The number of furan rings is 1. The summed E-state index contributed by atoms with van der Waals surface area (Å²) in [6.45, 7) is 5.88. The average Bonchev–Trinajstić information content (AvgIpc) is 3.08. The number of ether oxygens (including phenoxy) is 1. The van der Waals surface area contributed by atoms with Gasteiger partial charge in [-0.05, 0) is 49.6 Å². The summed E-state index contributed by atoms with van der Waals surface area (Å²) in [5, 5.41) is 1.97. The highest BCUT2D eigenvalue weighted by Crippen LogP contribution is 2.37. The van der Waals surface area contributed by atoms with Crippen molar-refractivity contribution in [2.75, 3.05) is 7.11 Å². The number of methoxy groups -OCH3 is 1. The van der Waals surface area contributed by atoms with E-state index >= 15 is 0 Å². The van der Waals surface area contributed by atoms with Gasteiger partial charge in [0.15, 0.2) is 0 Å². The van der Waals surface area contributed by atoms with Crippen molar-refractivity contribution in [1.82, 2.24) is 0 Å². The largest absolute Gasteiger partial charge is 0.497 e. The van der Waals surface area contributed by atoms with Gasteiger partial charge in [0, 0.05) is 27.5 Å². The van der Waals surface area contributed by atoms with Gasteiger partial charge in [0.25, 0.3) is 0 Å². The highest BCUT2D eigenvalue weighted by molar-refractivity contribution is 6.04. The fraction of sp³-hybridized carbons (Fsp3) is 0.227. The van der Waals surface area contributed by atoms with Crippen LogP contribution in [-0.2, 0) is 6.42 Å². The molecule has 0 spiro atoms. The molecule has 0 radical (unpaired) electrons. The molecule has 0 saturated heterocycles. The zero-order valence-corrected chi connectivity index (χ0v) is 15.3. The molecule has 2 aromatic heterocycles. The van der Waals surface area contributed by atoms with Crippen LogP contribution >= 0.6 is 0 Å². The topological polar surface area (TPSA) is 52.6 Å². The molecule has 0 aliphatic heterocycles. The Morgan fingerprint density at radius 2 is 1.73 bits per heavy atom. The second kappa shape index (κ2) is 6.06. The van der Waals surface area contributed by atoms with Gasteiger partial charge in [0.2, 0.25) is 0 Å². The second-order valence-corrected chi connectivity index (χ2v) is 6.48. The summed E-state index contributed by atoms with van der Waals surface area (Å²) in [4.78, 5) is 12.3. The van der Waals surface area contributed by atoms with Crippen LogP contribution < -0.4 is 10.4 Å². The van der Waals surface area contributed by atoms with E-state index in [2.05, 4.69) is 6.07 Å². The number of hydrogen-bond donors (Lipinski definition) is 0. The van der Waals surface area contributed by atoms with Crippen molar-refractivity contribution in [2.45, 2.75) is 27.2 Å². The lowest BCUT2D eigenvalue weighted by atomic mass is 9.97. The Hall–Kier alpha value is -3.01. The molecule has 0 fully saturated rings. The van der Waals surface area contributed by atoms with E-state index in [1.54, 1.807) is 13.4 Å². The van der Waals surface area contributed by atoms with Gasteiger partial charge in [0.05, 0.1) is 13.4 Å². The van der Waals surface area contributed by atoms with Crippen LogP contribution in [0, 0.1) is 13.8 Å². The molecule has 2 heterocycles. The molecule has 0 bridgehead atoms. The standard InChI is InChI=1S/C22H20O4/c1-5-16-12(2)17-10-18-19(14-6-8-15(24-4)9-7-14)11-25-20(18)13(3)21(17)26-22(16)23/h6-11H,5H2,1-4H3. The van der Waals surface area contributed by atoms with Gasteiger partial charge in [0.1, 0.15) is 16.9 Å². The first-order valence-electron chi connectivity index (χ1n) is 8.66. The van der Waals surface area contributed by atoms with Crippen molar-refractivity contribution in [3.8, 4) is 16.9 Å². The zero-order valence-electron chi connectivity index (χ0n) is 15.3. The third-order valence-electron chi connectivity index (χ3n) is 5.10. The van der Waals surface area contributed by atoms with Gasteiger partial charge in [-0.15, -0.1) is 0 Å². The Kier molecular flexibility index (Phi) is 3.83. The van der Waals surface area contributed by atoms with Crippen molar-refractivity contribution in [1.29, 1.82) is 0 Å². The molecule has 26 heavy (non-hydrogen) atoms. The predicted molar refractivity (Wildman–Crippen MR) is 103 cm³/mol. The van der Waals surface area contributed by atoms with Crippen LogP contribution in [-0.4, -0.2) is 7.11 Å². The maximum atomic E-state index is 12.3. The average molecular weight is 348 g/mol. The molecule has 2 aromatic carbocycles. The summed E-state index contributed by atoms with van der Waals surface area (Å²) in [5.74, 6) is 0.813. The zero-order chi connectivity index (χ0) is 18.4. The molecular formula is C22H20O4. The number of fused-ring (bicyclic) bond motifs is 2. The fourth-order valence-corrected chi connectivity index (χ4v) is 3.60.